The number of hydrogen-bond acceptors (Lipinski definition) is 5. The average Bonchev–Trinajstić information content (AvgIpc) is 2.82. The molecule has 0 aliphatic carbocycles. The number of carbonyl (C=O) groups is 1. The van der Waals surface area contributed by atoms with Crippen molar-refractivity contribution in [3.63, 3.8) is 0 Å². The van der Waals surface area contributed by atoms with E-state index < -0.39 is 11.7 Å². The molecule has 106 valence electrons. The zero-order valence-corrected chi connectivity index (χ0v) is 12.0. The van der Waals surface area contributed by atoms with Crippen molar-refractivity contribution in [3.8, 4) is 5.82 Å². The molecule has 2 heterocycles. The minimum Gasteiger partial charge on any atom is -0.444 e. The van der Waals surface area contributed by atoms with Crippen LogP contribution in [0.4, 0.5) is 10.5 Å². The highest BCUT2D eigenvalue weighted by atomic mass is 35.5. The first-order valence-electron chi connectivity index (χ1n) is 5.87. The lowest BCUT2D eigenvalue weighted by Crippen LogP contribution is -2.28. The van der Waals surface area contributed by atoms with Crippen molar-refractivity contribution in [1.82, 2.24) is 19.7 Å². The molecule has 7 nitrogen and oxygen atoms in total. The molecule has 0 aromatic carbocycles. The molecule has 2 rings (SSSR count). The van der Waals surface area contributed by atoms with Crippen molar-refractivity contribution in [1.29, 1.82) is 0 Å². The fourth-order valence-electron chi connectivity index (χ4n) is 1.44. The molecule has 2 aromatic heterocycles. The Labute approximate surface area is 120 Å². The fraction of sp³-hybridized carbons (Fsp3) is 0.333. The maximum atomic E-state index is 11.8. The molecule has 0 bridgehead atoms. The molecule has 0 aliphatic heterocycles. The van der Waals surface area contributed by atoms with Crippen LogP contribution < -0.4 is 5.32 Å². The second-order valence-electron chi connectivity index (χ2n) is 4.94. The second-order valence-corrected chi connectivity index (χ2v) is 5.30. The van der Waals surface area contributed by atoms with Crippen LogP contribution >= 0.6 is 11.6 Å². The molecule has 0 unspecified atom stereocenters. The predicted molar refractivity (Wildman–Crippen MR) is 74.0 cm³/mol. The van der Waals surface area contributed by atoms with Gasteiger partial charge < -0.3 is 4.74 Å². The Bertz CT molecular complexity index is 607. The third kappa shape index (κ3) is 3.45. The molecular weight excluding hydrogens is 282 g/mol. The van der Waals surface area contributed by atoms with Gasteiger partial charge in [-0.25, -0.2) is 19.4 Å². The summed E-state index contributed by atoms with van der Waals surface area (Å²) in [6, 6.07) is 1.73. The number of halogens is 1. The molecule has 0 saturated heterocycles. The van der Waals surface area contributed by atoms with E-state index in [4.69, 9.17) is 16.3 Å². The Morgan fingerprint density at radius 3 is 2.75 bits per heavy atom. The highest BCUT2D eigenvalue weighted by Gasteiger charge is 2.20. The molecular formula is C12H14ClN5O2. The van der Waals surface area contributed by atoms with Gasteiger partial charge in [-0.15, -0.1) is 0 Å². The van der Waals surface area contributed by atoms with Gasteiger partial charge in [-0.3, -0.25) is 5.32 Å². The molecule has 1 amide bonds. The Morgan fingerprint density at radius 2 is 2.15 bits per heavy atom. The summed E-state index contributed by atoms with van der Waals surface area (Å²) in [4.78, 5) is 19.7. The van der Waals surface area contributed by atoms with Crippen molar-refractivity contribution in [3.05, 3.63) is 29.9 Å². The maximum absolute atomic E-state index is 11.8. The summed E-state index contributed by atoms with van der Waals surface area (Å²) in [5.41, 5.74) is -0.370. The summed E-state index contributed by atoms with van der Waals surface area (Å²) in [6.07, 6.45) is 3.92. The van der Waals surface area contributed by atoms with Crippen molar-refractivity contribution >= 4 is 23.4 Å². The van der Waals surface area contributed by atoms with E-state index in [2.05, 4.69) is 20.4 Å². The Morgan fingerprint density at radius 1 is 1.40 bits per heavy atom. The molecule has 0 spiro atoms. The SMILES string of the molecule is CC(C)(C)OC(=O)Nc1c(Cl)ncnc1-n1cccn1. The van der Waals surface area contributed by atoms with E-state index >= 15 is 0 Å². The smallest absolute Gasteiger partial charge is 0.412 e. The first-order chi connectivity index (χ1) is 9.37. The highest BCUT2D eigenvalue weighted by molar-refractivity contribution is 6.32. The van der Waals surface area contributed by atoms with Gasteiger partial charge in [0.1, 0.15) is 17.6 Å². The molecule has 0 fully saturated rings. The molecule has 0 aliphatic rings. The van der Waals surface area contributed by atoms with Gasteiger partial charge in [0.15, 0.2) is 11.0 Å². The number of anilines is 1. The quantitative estimate of drug-likeness (QED) is 0.861. The van der Waals surface area contributed by atoms with E-state index in [1.807, 2.05) is 0 Å². The molecule has 0 atom stereocenters. The predicted octanol–water partition coefficient (Wildman–Crippen LogP) is 2.66. The van der Waals surface area contributed by atoms with Gasteiger partial charge in [-0.05, 0) is 26.8 Å². The lowest BCUT2D eigenvalue weighted by molar-refractivity contribution is 0.0635. The molecule has 0 radical (unpaired) electrons. The van der Waals surface area contributed by atoms with Crippen LogP contribution in [0.25, 0.3) is 5.82 Å². The summed E-state index contributed by atoms with van der Waals surface area (Å²) in [7, 11) is 0. The van der Waals surface area contributed by atoms with Crippen LogP contribution in [-0.2, 0) is 4.74 Å². The number of rotatable bonds is 2. The number of hydrogen-bond donors (Lipinski definition) is 1. The van der Waals surface area contributed by atoms with Crippen LogP contribution in [0.1, 0.15) is 20.8 Å². The van der Waals surface area contributed by atoms with Crippen molar-refractivity contribution in [2.45, 2.75) is 26.4 Å². The fourth-order valence-corrected chi connectivity index (χ4v) is 1.61. The van der Waals surface area contributed by atoms with E-state index in [1.165, 1.54) is 11.0 Å². The van der Waals surface area contributed by atoms with Crippen molar-refractivity contribution in [2.75, 3.05) is 5.32 Å². The number of nitrogens with zero attached hydrogens (tertiary/aromatic N) is 4. The topological polar surface area (TPSA) is 81.9 Å². The van der Waals surface area contributed by atoms with Crippen molar-refractivity contribution < 1.29 is 9.53 Å². The van der Waals surface area contributed by atoms with E-state index in [1.54, 1.807) is 39.2 Å². The van der Waals surface area contributed by atoms with Crippen LogP contribution in [0.5, 0.6) is 0 Å². The van der Waals surface area contributed by atoms with Gasteiger partial charge in [-0.1, -0.05) is 11.6 Å². The van der Waals surface area contributed by atoms with Gasteiger partial charge in [0.05, 0.1) is 0 Å². The highest BCUT2D eigenvalue weighted by Crippen LogP contribution is 2.25. The largest absolute Gasteiger partial charge is 0.444 e. The lowest BCUT2D eigenvalue weighted by atomic mass is 10.2. The summed E-state index contributed by atoms with van der Waals surface area (Å²) >= 11 is 6.00. The molecule has 1 N–H and O–H groups in total. The number of ether oxygens (including phenoxy) is 1. The van der Waals surface area contributed by atoms with Gasteiger partial charge in [0.25, 0.3) is 0 Å². The minimum atomic E-state index is -0.636. The molecule has 2 aromatic rings. The van der Waals surface area contributed by atoms with E-state index in [9.17, 15) is 4.79 Å². The molecule has 8 heteroatoms. The Hall–Kier alpha value is -2.15. The summed E-state index contributed by atoms with van der Waals surface area (Å²) in [5.74, 6) is 0.362. The van der Waals surface area contributed by atoms with Gasteiger partial charge in [0.2, 0.25) is 0 Å². The zero-order valence-electron chi connectivity index (χ0n) is 11.3. The van der Waals surface area contributed by atoms with Gasteiger partial charge >= 0.3 is 6.09 Å². The summed E-state index contributed by atoms with van der Waals surface area (Å²) in [5, 5.41) is 6.70. The van der Waals surface area contributed by atoms with Crippen LogP contribution in [0.3, 0.4) is 0 Å². The van der Waals surface area contributed by atoms with Crippen LogP contribution in [0.15, 0.2) is 24.8 Å². The minimum absolute atomic E-state index is 0.108. The number of amides is 1. The van der Waals surface area contributed by atoms with Crippen LogP contribution in [0.2, 0.25) is 5.15 Å². The van der Waals surface area contributed by atoms with Crippen LogP contribution in [0, 0.1) is 0 Å². The monoisotopic (exact) mass is 295 g/mol. The number of nitrogens with one attached hydrogen (secondary N) is 1. The summed E-state index contributed by atoms with van der Waals surface area (Å²) in [6.45, 7) is 5.30. The standard InChI is InChI=1S/C12H14ClN5O2/c1-12(2,3)20-11(19)17-8-9(13)14-7-15-10(8)18-6-4-5-16-18/h4-7H,1-3H3,(H,17,19). The molecule has 0 saturated carbocycles. The molecule has 20 heavy (non-hydrogen) atoms. The lowest BCUT2D eigenvalue weighted by Gasteiger charge is -2.20. The first kappa shape index (κ1) is 14.3. The summed E-state index contributed by atoms with van der Waals surface area (Å²) < 4.78 is 6.65. The van der Waals surface area contributed by atoms with E-state index in [-0.39, 0.29) is 10.8 Å². The van der Waals surface area contributed by atoms with Gasteiger partial charge in [-0.2, -0.15) is 5.10 Å². The average molecular weight is 296 g/mol. The number of aromatic nitrogens is 4. The van der Waals surface area contributed by atoms with Crippen LogP contribution in [-0.4, -0.2) is 31.4 Å². The number of carbonyl (C=O) groups excluding carboxylic acids is 1. The first-order valence-corrected chi connectivity index (χ1v) is 6.25. The van der Waals surface area contributed by atoms with E-state index in [0.29, 0.717) is 5.82 Å². The zero-order chi connectivity index (χ0) is 14.8. The second kappa shape index (κ2) is 5.46. The third-order valence-corrected chi connectivity index (χ3v) is 2.41. The Kier molecular flexibility index (Phi) is 3.89. The maximum Gasteiger partial charge on any atom is 0.412 e. The van der Waals surface area contributed by atoms with Gasteiger partial charge in [0, 0.05) is 12.4 Å². The van der Waals surface area contributed by atoms with Crippen molar-refractivity contribution in [2.24, 2.45) is 0 Å². The van der Waals surface area contributed by atoms with E-state index in [0.717, 1.165) is 0 Å². The Balaban J connectivity index is 2.30. The normalized spacial score (nSPS) is 11.2. The third-order valence-electron chi connectivity index (χ3n) is 2.13.